The molecular weight excluding hydrogens is 552 g/mol. The Balaban J connectivity index is 2.53. The number of carbonyl (C=O) groups is 6. The molecule has 0 amide bonds. The van der Waals surface area contributed by atoms with Gasteiger partial charge in [0.2, 0.25) is 5.78 Å². The molecule has 1 saturated carbocycles. The summed E-state index contributed by atoms with van der Waals surface area (Å²) in [5.74, 6) is -6.93. The summed E-state index contributed by atoms with van der Waals surface area (Å²) in [5.41, 5.74) is -2.48. The molecule has 0 spiro atoms. The van der Waals surface area contributed by atoms with Crippen molar-refractivity contribution in [3.05, 3.63) is 28.0 Å². The number of benzene rings is 1. The van der Waals surface area contributed by atoms with Crippen molar-refractivity contribution in [2.45, 2.75) is 92.6 Å². The summed E-state index contributed by atoms with van der Waals surface area (Å²) in [6.45, 7) is 12.2. The number of hydrogen-bond donors (Lipinski definition) is 1. The highest BCUT2D eigenvalue weighted by Crippen LogP contribution is 2.63. The van der Waals surface area contributed by atoms with Gasteiger partial charge in [0.05, 0.1) is 12.2 Å². The Morgan fingerprint density at radius 2 is 1.40 bits per heavy atom. The lowest BCUT2D eigenvalue weighted by Gasteiger charge is -2.52. The molecule has 12 heteroatoms. The highest BCUT2D eigenvalue weighted by Gasteiger charge is 2.58. The first kappa shape index (κ1) is 32.3. The van der Waals surface area contributed by atoms with Crippen LogP contribution in [0, 0.1) is 5.41 Å². The molecule has 42 heavy (non-hydrogen) atoms. The predicted octanol–water partition coefficient (Wildman–Crippen LogP) is 3.93. The minimum absolute atomic E-state index is 0.0418. The highest BCUT2D eigenvalue weighted by atomic mass is 16.6. The molecule has 1 fully saturated rings. The van der Waals surface area contributed by atoms with Crippen LogP contribution < -0.4 is 9.47 Å². The maximum Gasteiger partial charge on any atom is 0.308 e. The van der Waals surface area contributed by atoms with Gasteiger partial charge in [0, 0.05) is 62.5 Å². The summed E-state index contributed by atoms with van der Waals surface area (Å²) < 4.78 is 27.4. The Morgan fingerprint density at radius 1 is 0.857 bits per heavy atom. The number of rotatable bonds is 7. The van der Waals surface area contributed by atoms with Crippen LogP contribution in [-0.4, -0.2) is 53.4 Å². The Labute approximate surface area is 243 Å². The molecule has 0 unspecified atom stereocenters. The maximum absolute atomic E-state index is 14.3. The number of Topliss-reactive ketones (excluding diaryl/α,β-unsaturated/α-hetero) is 1. The molecule has 3 atom stereocenters. The fourth-order valence-corrected chi connectivity index (χ4v) is 6.17. The largest absolute Gasteiger partial charge is 0.507 e. The number of ether oxygens (including phenoxy) is 5. The molecule has 0 radical (unpaired) electrons. The molecule has 2 aliphatic carbocycles. The number of aromatic hydroxyl groups is 1. The predicted molar refractivity (Wildman–Crippen MR) is 145 cm³/mol. The van der Waals surface area contributed by atoms with Crippen LogP contribution in [-0.2, 0) is 43.6 Å². The monoisotopic (exact) mass is 588 g/mol. The van der Waals surface area contributed by atoms with Crippen molar-refractivity contribution in [3.63, 3.8) is 0 Å². The molecule has 0 heterocycles. The first-order chi connectivity index (χ1) is 19.3. The first-order valence-corrected chi connectivity index (χ1v) is 13.4. The quantitative estimate of drug-likeness (QED) is 0.277. The molecule has 0 saturated heterocycles. The van der Waals surface area contributed by atoms with Gasteiger partial charge in [-0.15, -0.1) is 0 Å². The lowest BCUT2D eigenvalue weighted by Crippen LogP contribution is -2.51. The van der Waals surface area contributed by atoms with Gasteiger partial charge in [-0.3, -0.25) is 28.8 Å². The topological polar surface area (TPSA) is 169 Å². The number of hydrogen-bond acceptors (Lipinski definition) is 12. The third-order valence-corrected chi connectivity index (χ3v) is 7.61. The Morgan fingerprint density at radius 3 is 1.90 bits per heavy atom. The summed E-state index contributed by atoms with van der Waals surface area (Å²) >= 11 is 0. The van der Waals surface area contributed by atoms with Crippen LogP contribution in [0.25, 0.3) is 0 Å². The lowest BCUT2D eigenvalue weighted by atomic mass is 9.53. The molecular formula is C30H36O12. The Bertz CT molecular complexity index is 1420. The van der Waals surface area contributed by atoms with Crippen LogP contribution in [0.4, 0.5) is 0 Å². The van der Waals surface area contributed by atoms with Gasteiger partial charge in [0.1, 0.15) is 11.9 Å². The van der Waals surface area contributed by atoms with Gasteiger partial charge in [-0.1, -0.05) is 27.7 Å². The van der Waals surface area contributed by atoms with Crippen molar-refractivity contribution in [3.8, 4) is 17.2 Å². The van der Waals surface area contributed by atoms with Gasteiger partial charge in [-0.25, -0.2) is 0 Å². The molecule has 0 aromatic heterocycles. The smallest absolute Gasteiger partial charge is 0.308 e. The van der Waals surface area contributed by atoms with Crippen molar-refractivity contribution in [2.75, 3.05) is 6.61 Å². The van der Waals surface area contributed by atoms with E-state index in [1.807, 2.05) is 0 Å². The molecule has 12 nitrogen and oxygen atoms in total. The zero-order chi connectivity index (χ0) is 31.9. The van der Waals surface area contributed by atoms with E-state index >= 15 is 0 Å². The molecule has 1 N–H and O–H groups in total. The van der Waals surface area contributed by atoms with Crippen LogP contribution in [0.15, 0.2) is 11.3 Å². The number of ketones is 1. The van der Waals surface area contributed by atoms with Crippen LogP contribution in [0.3, 0.4) is 0 Å². The van der Waals surface area contributed by atoms with Crippen LogP contribution in [0.1, 0.15) is 103 Å². The second-order valence-electron chi connectivity index (χ2n) is 11.4. The number of carbonyl (C=O) groups excluding carboxylic acids is 6. The van der Waals surface area contributed by atoms with Crippen molar-refractivity contribution < 1.29 is 57.6 Å². The summed E-state index contributed by atoms with van der Waals surface area (Å²) in [6, 6.07) is 0. The summed E-state index contributed by atoms with van der Waals surface area (Å²) in [7, 11) is 0. The maximum atomic E-state index is 14.3. The van der Waals surface area contributed by atoms with E-state index in [0.29, 0.717) is 0 Å². The van der Waals surface area contributed by atoms with E-state index in [9.17, 15) is 33.9 Å². The third kappa shape index (κ3) is 5.75. The number of phenols is 1. The average molecular weight is 589 g/mol. The number of esters is 5. The minimum atomic E-state index is -1.26. The standard InChI is InChI=1S/C30H36O12/c1-13(12-38-14(2)31)20-23(36)21-22(26(41-17(5)34)25(20)40-16(4)33)30(9)11-10-19(39-15(3)32)29(7,8)28(30)27(24(21)37)42-18(6)35/h13,19,36H,10-12H2,1-9H3/t13-,19-,30-/m1/s1. The van der Waals surface area contributed by atoms with E-state index in [2.05, 4.69) is 0 Å². The van der Waals surface area contributed by atoms with Crippen molar-refractivity contribution in [2.24, 2.45) is 5.41 Å². The average Bonchev–Trinajstić information content (AvgIpc) is 2.83. The zero-order valence-electron chi connectivity index (χ0n) is 25.2. The van der Waals surface area contributed by atoms with Crippen molar-refractivity contribution in [1.29, 1.82) is 0 Å². The van der Waals surface area contributed by atoms with E-state index in [4.69, 9.17) is 23.7 Å². The third-order valence-electron chi connectivity index (χ3n) is 7.61. The summed E-state index contributed by atoms with van der Waals surface area (Å²) in [4.78, 5) is 74.8. The molecule has 3 rings (SSSR count). The minimum Gasteiger partial charge on any atom is -0.507 e. The number of allylic oxidation sites excluding steroid dienone is 1. The number of fused-ring (bicyclic) bond motifs is 3. The molecule has 1 aromatic carbocycles. The van der Waals surface area contributed by atoms with Crippen molar-refractivity contribution in [1.82, 2.24) is 0 Å². The van der Waals surface area contributed by atoms with E-state index in [1.165, 1.54) is 13.8 Å². The first-order valence-electron chi connectivity index (χ1n) is 13.4. The summed E-state index contributed by atoms with van der Waals surface area (Å²) in [6.07, 6.45) is -0.259. The van der Waals surface area contributed by atoms with Crippen LogP contribution >= 0.6 is 0 Å². The second kappa shape index (κ2) is 11.6. The molecule has 0 aliphatic heterocycles. The van der Waals surface area contributed by atoms with Gasteiger partial charge >= 0.3 is 29.8 Å². The van der Waals surface area contributed by atoms with Gasteiger partial charge in [0.25, 0.3) is 0 Å². The Kier molecular flexibility index (Phi) is 8.90. The zero-order valence-corrected chi connectivity index (χ0v) is 25.2. The Hall–Kier alpha value is -4.22. The van der Waals surface area contributed by atoms with Gasteiger partial charge in [-0.05, 0) is 18.4 Å². The fraction of sp³-hybridized carbons (Fsp3) is 0.533. The molecule has 228 valence electrons. The van der Waals surface area contributed by atoms with Gasteiger partial charge < -0.3 is 28.8 Å². The lowest BCUT2D eigenvalue weighted by molar-refractivity contribution is -0.154. The van der Waals surface area contributed by atoms with E-state index < -0.39 is 64.2 Å². The second-order valence-corrected chi connectivity index (χ2v) is 11.4. The van der Waals surface area contributed by atoms with E-state index in [-0.39, 0.29) is 59.0 Å². The van der Waals surface area contributed by atoms with E-state index in [0.717, 1.165) is 20.8 Å². The van der Waals surface area contributed by atoms with Crippen LogP contribution in [0.2, 0.25) is 0 Å². The molecule has 2 aliphatic rings. The number of phenolic OH excluding ortho intramolecular Hbond substituents is 1. The van der Waals surface area contributed by atoms with Gasteiger partial charge in [0.15, 0.2) is 17.3 Å². The molecule has 1 aromatic rings. The SMILES string of the molecule is CC(=O)OC[C@@H](C)c1c(O)c2c(c(OC(C)=O)c1OC(C)=O)[C@@]1(C)CC[C@@H](OC(C)=O)C(C)(C)C1=C(OC(C)=O)C2=O. The van der Waals surface area contributed by atoms with Crippen LogP contribution in [0.5, 0.6) is 17.2 Å². The van der Waals surface area contributed by atoms with Crippen molar-refractivity contribution >= 4 is 35.6 Å². The van der Waals surface area contributed by atoms with Gasteiger partial charge in [-0.2, -0.15) is 0 Å². The fourth-order valence-electron chi connectivity index (χ4n) is 6.17. The molecule has 0 bridgehead atoms. The normalized spacial score (nSPS) is 21.4. The van der Waals surface area contributed by atoms with E-state index in [1.54, 1.807) is 27.7 Å². The highest BCUT2D eigenvalue weighted by molar-refractivity contribution is 6.15. The summed E-state index contributed by atoms with van der Waals surface area (Å²) in [5, 5.41) is 11.7.